The number of carbonyl (C=O) groups excluding carboxylic acids is 1. The van der Waals surface area contributed by atoms with Crippen molar-refractivity contribution >= 4 is 60.1 Å². The number of rotatable bonds is 9. The monoisotopic (exact) mass is 601 g/mol. The number of carbonyl (C=O) groups is 1. The van der Waals surface area contributed by atoms with E-state index in [4.69, 9.17) is 37.6 Å². The number of aliphatic hydroxyl groups is 1. The highest BCUT2D eigenvalue weighted by atomic mass is 35.5. The Hall–Kier alpha value is -1.57. The Balaban J connectivity index is 0.00000121. The van der Waals surface area contributed by atoms with Gasteiger partial charge in [0, 0.05) is 42.1 Å². The molecule has 38 heavy (non-hydrogen) atoms. The zero-order valence-electron chi connectivity index (χ0n) is 22.1. The predicted molar refractivity (Wildman–Crippen MR) is 160 cm³/mol. The zero-order valence-corrected chi connectivity index (χ0v) is 25.3. The molecule has 10 heteroatoms. The maximum atomic E-state index is 13.5. The van der Waals surface area contributed by atoms with Gasteiger partial charge in [0.2, 0.25) is 0 Å². The van der Waals surface area contributed by atoms with Crippen LogP contribution in [0.3, 0.4) is 0 Å². The third kappa shape index (κ3) is 8.72. The van der Waals surface area contributed by atoms with Crippen LogP contribution in [-0.4, -0.2) is 44.9 Å². The lowest BCUT2D eigenvalue weighted by atomic mass is 10.0. The summed E-state index contributed by atoms with van der Waals surface area (Å²) in [5, 5.41) is 8.94. The molecule has 0 radical (unpaired) electrons. The van der Waals surface area contributed by atoms with Crippen LogP contribution in [0.5, 0.6) is 0 Å². The summed E-state index contributed by atoms with van der Waals surface area (Å²) in [6.45, 7) is 8.58. The summed E-state index contributed by atoms with van der Waals surface area (Å²) in [5.41, 5.74) is 1.66. The van der Waals surface area contributed by atoms with Crippen molar-refractivity contribution < 1.29 is 23.6 Å². The lowest BCUT2D eigenvalue weighted by Gasteiger charge is -2.36. The molecule has 0 aliphatic carbocycles. The molecule has 2 heterocycles. The van der Waals surface area contributed by atoms with Gasteiger partial charge in [-0.2, -0.15) is 0 Å². The van der Waals surface area contributed by atoms with Gasteiger partial charge in [-0.25, -0.2) is 4.39 Å². The first-order valence-electron chi connectivity index (χ1n) is 12.5. The van der Waals surface area contributed by atoms with Gasteiger partial charge in [0.25, 0.3) is 0 Å². The van der Waals surface area contributed by atoms with Crippen LogP contribution >= 0.6 is 42.8 Å². The molecular weight excluding hydrogens is 567 g/mol. The number of nitrogens with zero attached hydrogens (tertiary/aromatic N) is 1. The van der Waals surface area contributed by atoms with Crippen LogP contribution in [0.25, 0.3) is 10.4 Å². The van der Waals surface area contributed by atoms with Crippen molar-refractivity contribution in [3.8, 4) is 10.4 Å². The Morgan fingerprint density at radius 2 is 1.79 bits per heavy atom. The highest BCUT2D eigenvalue weighted by molar-refractivity contribution is 7.62. The Kier molecular flexibility index (Phi) is 14.8. The molecule has 0 bridgehead atoms. The van der Waals surface area contributed by atoms with E-state index in [1.165, 1.54) is 23.5 Å². The van der Waals surface area contributed by atoms with Crippen molar-refractivity contribution in [2.24, 2.45) is 5.92 Å². The highest BCUT2D eigenvalue weighted by Gasteiger charge is 2.31. The van der Waals surface area contributed by atoms with Gasteiger partial charge in [0.15, 0.2) is 14.6 Å². The smallest absolute Gasteiger partial charge is 0.168 e. The fourth-order valence-corrected chi connectivity index (χ4v) is 7.56. The third-order valence-corrected chi connectivity index (χ3v) is 9.51. The fourth-order valence-electron chi connectivity index (χ4n) is 3.91. The standard InChI is InChI=1S/C25H25Cl2FNO3PS.C2H6.CH4O/c1-2-32-33(23-8-5-19(26)13-21(23)27)29(15-17-9-11-31-12-10-17)22-14-24(34-25(22)16-30)18-3-6-20(28)7-4-18;2*1-2/h3-8,13-14,16-17H,2,9-12,15H2,1H3;1-2H3;2H,1H3. The quantitative estimate of drug-likeness (QED) is 0.198. The van der Waals surface area contributed by atoms with Gasteiger partial charge in [-0.1, -0.05) is 49.2 Å². The van der Waals surface area contributed by atoms with E-state index in [1.807, 2.05) is 39.0 Å². The minimum Gasteiger partial charge on any atom is -0.400 e. The van der Waals surface area contributed by atoms with Gasteiger partial charge in [-0.05, 0) is 67.6 Å². The molecule has 1 aromatic heterocycles. The Morgan fingerprint density at radius 3 is 2.37 bits per heavy atom. The number of hydrogen-bond donors (Lipinski definition) is 1. The largest absolute Gasteiger partial charge is 0.400 e. The minimum absolute atomic E-state index is 0.297. The van der Waals surface area contributed by atoms with Gasteiger partial charge in [0.05, 0.1) is 22.2 Å². The molecule has 0 spiro atoms. The molecular formula is C28H35Cl2FNO4PS. The van der Waals surface area contributed by atoms with E-state index >= 15 is 0 Å². The number of aldehydes is 1. The fraction of sp³-hybridized carbons (Fsp3) is 0.393. The number of aliphatic hydroxyl groups excluding tert-OH is 1. The first-order valence-corrected chi connectivity index (χ1v) is 15.3. The van der Waals surface area contributed by atoms with E-state index in [2.05, 4.69) is 4.67 Å². The molecule has 2 aromatic carbocycles. The predicted octanol–water partition coefficient (Wildman–Crippen LogP) is 8.22. The molecule has 0 amide bonds. The summed E-state index contributed by atoms with van der Waals surface area (Å²) >= 11 is 14.2. The topological polar surface area (TPSA) is 59.0 Å². The summed E-state index contributed by atoms with van der Waals surface area (Å²) < 4.78 is 27.5. The molecule has 208 valence electrons. The van der Waals surface area contributed by atoms with Gasteiger partial charge >= 0.3 is 0 Å². The SMILES string of the molecule is CC.CCOP(c1ccc(Cl)cc1Cl)N(CC1CCOCC1)c1cc(-c2ccc(F)cc2)sc1C=O.CO. The first-order chi connectivity index (χ1) is 18.5. The van der Waals surface area contributed by atoms with Crippen LogP contribution in [0.15, 0.2) is 48.5 Å². The molecule has 1 atom stereocenters. The molecule has 1 fully saturated rings. The Bertz CT molecular complexity index is 1130. The molecule has 1 aliphatic rings. The molecule has 1 saturated heterocycles. The summed E-state index contributed by atoms with van der Waals surface area (Å²) in [6.07, 6.45) is 2.75. The average molecular weight is 603 g/mol. The Morgan fingerprint density at radius 1 is 1.13 bits per heavy atom. The van der Waals surface area contributed by atoms with Crippen LogP contribution in [0.4, 0.5) is 10.1 Å². The van der Waals surface area contributed by atoms with E-state index in [-0.39, 0.29) is 5.82 Å². The molecule has 5 nitrogen and oxygen atoms in total. The van der Waals surface area contributed by atoms with Crippen molar-refractivity contribution in [3.63, 3.8) is 0 Å². The molecule has 1 N–H and O–H groups in total. The summed E-state index contributed by atoms with van der Waals surface area (Å²) in [7, 11) is -0.347. The average Bonchev–Trinajstić information content (AvgIpc) is 3.38. The van der Waals surface area contributed by atoms with Crippen LogP contribution in [0, 0.1) is 11.7 Å². The van der Waals surface area contributed by atoms with E-state index in [1.54, 1.807) is 18.2 Å². The summed E-state index contributed by atoms with van der Waals surface area (Å²) in [4.78, 5) is 13.7. The van der Waals surface area contributed by atoms with Gasteiger partial charge in [-0.3, -0.25) is 4.79 Å². The van der Waals surface area contributed by atoms with Crippen LogP contribution in [0.1, 0.15) is 43.3 Å². The minimum atomic E-state index is -1.35. The van der Waals surface area contributed by atoms with Crippen molar-refractivity contribution in [3.05, 3.63) is 69.3 Å². The van der Waals surface area contributed by atoms with Crippen molar-refractivity contribution in [2.75, 3.05) is 38.1 Å². The first kappa shape index (κ1) is 32.6. The van der Waals surface area contributed by atoms with Gasteiger partial charge in [0.1, 0.15) is 5.82 Å². The molecule has 0 saturated carbocycles. The normalized spacial score (nSPS) is 14.0. The number of ether oxygens (including phenoxy) is 1. The molecule has 4 rings (SSSR count). The number of anilines is 1. The molecule has 3 aromatic rings. The summed E-state index contributed by atoms with van der Waals surface area (Å²) in [5.74, 6) is 0.0912. The van der Waals surface area contributed by atoms with E-state index in [9.17, 15) is 9.18 Å². The number of thiophene rings is 1. The Labute approximate surface area is 240 Å². The second-order valence-electron chi connectivity index (χ2n) is 7.91. The molecule has 1 unspecified atom stereocenters. The molecule has 1 aliphatic heterocycles. The van der Waals surface area contributed by atoms with E-state index < -0.39 is 8.30 Å². The van der Waals surface area contributed by atoms with Crippen LogP contribution in [-0.2, 0) is 9.26 Å². The highest BCUT2D eigenvalue weighted by Crippen LogP contribution is 2.50. The zero-order chi connectivity index (χ0) is 28.1. The van der Waals surface area contributed by atoms with Crippen molar-refractivity contribution in [1.29, 1.82) is 0 Å². The second-order valence-corrected chi connectivity index (χ2v) is 11.6. The van der Waals surface area contributed by atoms with E-state index in [0.717, 1.165) is 60.9 Å². The third-order valence-electron chi connectivity index (χ3n) is 5.61. The van der Waals surface area contributed by atoms with Gasteiger partial charge < -0.3 is 19.0 Å². The van der Waals surface area contributed by atoms with Crippen molar-refractivity contribution in [2.45, 2.75) is 33.6 Å². The summed E-state index contributed by atoms with van der Waals surface area (Å²) in [6, 6.07) is 13.7. The lowest BCUT2D eigenvalue weighted by molar-refractivity contribution is 0.0690. The maximum absolute atomic E-state index is 13.5. The second kappa shape index (κ2) is 17.2. The van der Waals surface area contributed by atoms with Crippen molar-refractivity contribution in [1.82, 2.24) is 0 Å². The van der Waals surface area contributed by atoms with Gasteiger partial charge in [-0.15, -0.1) is 11.3 Å². The van der Waals surface area contributed by atoms with E-state index in [0.29, 0.717) is 34.0 Å². The lowest BCUT2D eigenvalue weighted by Crippen LogP contribution is -2.32. The van der Waals surface area contributed by atoms with Crippen LogP contribution in [0.2, 0.25) is 10.0 Å². The van der Waals surface area contributed by atoms with Crippen LogP contribution < -0.4 is 9.97 Å². The number of hydrogen-bond acceptors (Lipinski definition) is 6. The maximum Gasteiger partial charge on any atom is 0.168 e. The number of halogens is 3. The number of benzene rings is 2.